The van der Waals surface area contributed by atoms with Crippen LogP contribution in [0.15, 0.2) is 59.6 Å². The Morgan fingerprint density at radius 1 is 1.11 bits per heavy atom. The molecule has 0 fully saturated rings. The Morgan fingerprint density at radius 3 is 2.33 bits per heavy atom. The van der Waals surface area contributed by atoms with E-state index in [1.807, 2.05) is 0 Å². The second kappa shape index (κ2) is 7.08. The molecule has 144 valence electrons. The van der Waals surface area contributed by atoms with Crippen molar-refractivity contribution in [1.82, 2.24) is 10.5 Å². The number of nitrogens with one attached hydrogen (secondary N) is 1. The lowest BCUT2D eigenvalue weighted by Gasteiger charge is -2.11. The zero-order valence-electron chi connectivity index (χ0n) is 13.7. The predicted octanol–water partition coefficient (Wildman–Crippen LogP) is 2.88. The molecule has 1 aromatic heterocycles. The van der Waals surface area contributed by atoms with Crippen LogP contribution in [0.3, 0.4) is 0 Å². The third kappa shape index (κ3) is 5.11. The van der Waals surface area contributed by atoms with E-state index in [2.05, 4.69) is 15.2 Å². The number of alkyl halides is 3. The van der Waals surface area contributed by atoms with Crippen molar-refractivity contribution in [3.05, 3.63) is 60.1 Å². The van der Waals surface area contributed by atoms with Gasteiger partial charge in [0.25, 0.3) is 0 Å². The SMILES string of the molecule is CS(=O)(=O)c1ccc(OC2=C[C@@H](c3ccc(OC(F)(F)F)cc3)ON2)cn1. The molecule has 2 aromatic rings. The lowest BCUT2D eigenvalue weighted by Crippen LogP contribution is -2.17. The molecule has 3 rings (SSSR count). The molecular formula is C16H13F3N2O5S. The molecule has 27 heavy (non-hydrogen) atoms. The number of rotatable bonds is 5. The molecule has 0 radical (unpaired) electrons. The van der Waals surface area contributed by atoms with Crippen molar-refractivity contribution in [1.29, 1.82) is 0 Å². The fourth-order valence-electron chi connectivity index (χ4n) is 2.18. The van der Waals surface area contributed by atoms with Crippen LogP contribution in [0.25, 0.3) is 0 Å². The number of hydroxylamine groups is 1. The second-order valence-corrected chi connectivity index (χ2v) is 7.46. The molecule has 1 aliphatic heterocycles. The molecule has 0 saturated heterocycles. The number of hydrogen-bond donors (Lipinski definition) is 1. The maximum atomic E-state index is 12.2. The molecule has 11 heteroatoms. The van der Waals surface area contributed by atoms with E-state index in [4.69, 9.17) is 9.57 Å². The minimum atomic E-state index is -4.76. The fourth-order valence-corrected chi connectivity index (χ4v) is 2.74. The summed E-state index contributed by atoms with van der Waals surface area (Å²) in [6, 6.07) is 7.93. The summed E-state index contributed by atoms with van der Waals surface area (Å²) in [6.07, 6.45) is -1.50. The van der Waals surface area contributed by atoms with Gasteiger partial charge in [-0.3, -0.25) is 4.84 Å². The molecule has 2 heterocycles. The maximum absolute atomic E-state index is 12.2. The zero-order valence-corrected chi connectivity index (χ0v) is 14.5. The second-order valence-electron chi connectivity index (χ2n) is 5.49. The van der Waals surface area contributed by atoms with E-state index in [9.17, 15) is 21.6 Å². The highest BCUT2D eigenvalue weighted by Gasteiger charge is 2.31. The number of pyridine rings is 1. The van der Waals surface area contributed by atoms with Crippen LogP contribution in [0.1, 0.15) is 11.7 Å². The van der Waals surface area contributed by atoms with E-state index in [1.165, 1.54) is 42.6 Å². The summed E-state index contributed by atoms with van der Waals surface area (Å²) in [6.45, 7) is 0. The smallest absolute Gasteiger partial charge is 0.438 e. The van der Waals surface area contributed by atoms with E-state index in [-0.39, 0.29) is 22.4 Å². The molecule has 1 atom stereocenters. The first-order chi connectivity index (χ1) is 12.6. The summed E-state index contributed by atoms with van der Waals surface area (Å²) in [5.74, 6) is 0.165. The van der Waals surface area contributed by atoms with Crippen molar-refractivity contribution in [2.45, 2.75) is 17.5 Å². The topological polar surface area (TPSA) is 86.8 Å². The Morgan fingerprint density at radius 2 is 1.78 bits per heavy atom. The number of ether oxygens (including phenoxy) is 2. The quantitative estimate of drug-likeness (QED) is 0.823. The number of nitrogens with zero attached hydrogens (tertiary/aromatic N) is 1. The Kier molecular flexibility index (Phi) is 4.98. The number of sulfone groups is 1. The molecular weight excluding hydrogens is 389 g/mol. The van der Waals surface area contributed by atoms with Gasteiger partial charge in [0, 0.05) is 12.3 Å². The lowest BCUT2D eigenvalue weighted by atomic mass is 10.1. The lowest BCUT2D eigenvalue weighted by molar-refractivity contribution is -0.274. The Balaban J connectivity index is 1.66. The molecule has 0 unspecified atom stereocenters. The Bertz CT molecular complexity index is 942. The van der Waals surface area contributed by atoms with Gasteiger partial charge in [0.2, 0.25) is 5.88 Å². The van der Waals surface area contributed by atoms with Crippen molar-refractivity contribution in [3.8, 4) is 11.5 Å². The monoisotopic (exact) mass is 402 g/mol. The van der Waals surface area contributed by atoms with Crippen molar-refractivity contribution in [2.24, 2.45) is 0 Å². The molecule has 1 aromatic carbocycles. The molecule has 1 N–H and O–H groups in total. The highest BCUT2D eigenvalue weighted by molar-refractivity contribution is 7.90. The van der Waals surface area contributed by atoms with E-state index in [1.54, 1.807) is 6.08 Å². The van der Waals surface area contributed by atoms with Crippen molar-refractivity contribution >= 4 is 9.84 Å². The van der Waals surface area contributed by atoms with Gasteiger partial charge in [-0.25, -0.2) is 18.9 Å². The van der Waals surface area contributed by atoms with Gasteiger partial charge >= 0.3 is 6.36 Å². The Hall–Kier alpha value is -2.79. The van der Waals surface area contributed by atoms with Gasteiger partial charge in [-0.05, 0) is 29.8 Å². The number of aromatic nitrogens is 1. The van der Waals surface area contributed by atoms with Gasteiger partial charge in [-0.15, -0.1) is 13.2 Å². The minimum Gasteiger partial charge on any atom is -0.438 e. The molecule has 0 aliphatic carbocycles. The van der Waals surface area contributed by atoms with Crippen LogP contribution >= 0.6 is 0 Å². The summed E-state index contributed by atoms with van der Waals surface area (Å²) < 4.78 is 68.5. The number of hydrogen-bond acceptors (Lipinski definition) is 7. The fraction of sp³-hybridized carbons (Fsp3) is 0.188. The highest BCUT2D eigenvalue weighted by Crippen LogP contribution is 2.29. The zero-order chi connectivity index (χ0) is 19.7. The van der Waals surface area contributed by atoms with Gasteiger partial charge in [0.15, 0.2) is 14.9 Å². The van der Waals surface area contributed by atoms with Crippen LogP contribution in [0.5, 0.6) is 11.5 Å². The third-order valence-electron chi connectivity index (χ3n) is 3.35. The largest absolute Gasteiger partial charge is 0.573 e. The Labute approximate surface area is 152 Å². The molecule has 0 bridgehead atoms. The van der Waals surface area contributed by atoms with Gasteiger partial charge in [-0.2, -0.15) is 0 Å². The predicted molar refractivity (Wildman–Crippen MR) is 86.1 cm³/mol. The van der Waals surface area contributed by atoms with E-state index >= 15 is 0 Å². The normalized spacial score (nSPS) is 17.2. The van der Waals surface area contributed by atoms with E-state index in [0.29, 0.717) is 5.56 Å². The summed E-state index contributed by atoms with van der Waals surface area (Å²) in [4.78, 5) is 9.09. The first-order valence-corrected chi connectivity index (χ1v) is 9.32. The first kappa shape index (κ1) is 19.0. The average Bonchev–Trinajstić information content (AvgIpc) is 3.02. The van der Waals surface area contributed by atoms with Crippen molar-refractivity contribution in [3.63, 3.8) is 0 Å². The van der Waals surface area contributed by atoms with Crippen molar-refractivity contribution < 1.29 is 35.9 Å². The average molecular weight is 402 g/mol. The van der Waals surface area contributed by atoms with Crippen LogP contribution in [0.2, 0.25) is 0 Å². The summed E-state index contributed by atoms with van der Waals surface area (Å²) in [7, 11) is -3.41. The third-order valence-corrected chi connectivity index (χ3v) is 4.35. The molecule has 1 aliphatic rings. The van der Waals surface area contributed by atoms with Crippen LogP contribution in [0, 0.1) is 0 Å². The summed E-state index contributed by atoms with van der Waals surface area (Å²) in [5.41, 5.74) is 3.10. The van der Waals surface area contributed by atoms with Crippen LogP contribution < -0.4 is 15.0 Å². The molecule has 7 nitrogen and oxygen atoms in total. The van der Waals surface area contributed by atoms with Crippen LogP contribution in [-0.4, -0.2) is 26.0 Å². The van der Waals surface area contributed by atoms with Gasteiger partial charge in [0.05, 0.1) is 6.20 Å². The van der Waals surface area contributed by atoms with Gasteiger partial charge in [-0.1, -0.05) is 12.1 Å². The maximum Gasteiger partial charge on any atom is 0.573 e. The van der Waals surface area contributed by atoms with E-state index < -0.39 is 22.3 Å². The standard InChI is InChI=1S/C16H13F3N2O5S/c1-27(22,23)15-7-6-12(9-20-15)24-14-8-13(26-21-14)10-2-4-11(5-3-10)25-16(17,18)19/h2-9,13,21H,1H3/t13-/m0/s1. The van der Waals surface area contributed by atoms with E-state index in [0.717, 1.165) is 6.26 Å². The molecule has 0 spiro atoms. The number of halogens is 3. The summed E-state index contributed by atoms with van der Waals surface area (Å²) in [5, 5.41) is -0.0847. The molecule has 0 amide bonds. The molecule has 0 saturated carbocycles. The minimum absolute atomic E-state index is 0.0847. The first-order valence-electron chi connectivity index (χ1n) is 7.43. The van der Waals surface area contributed by atoms with Crippen LogP contribution in [-0.2, 0) is 14.7 Å². The highest BCUT2D eigenvalue weighted by atomic mass is 32.2. The van der Waals surface area contributed by atoms with Gasteiger partial charge < -0.3 is 9.47 Å². The summed E-state index contributed by atoms with van der Waals surface area (Å²) >= 11 is 0. The van der Waals surface area contributed by atoms with Gasteiger partial charge in [0.1, 0.15) is 17.6 Å². The van der Waals surface area contributed by atoms with Crippen molar-refractivity contribution in [2.75, 3.05) is 6.26 Å². The van der Waals surface area contributed by atoms with Crippen LogP contribution in [0.4, 0.5) is 13.2 Å². The number of benzene rings is 1.